The van der Waals surface area contributed by atoms with Crippen LogP contribution >= 0.6 is 11.6 Å². The van der Waals surface area contributed by atoms with E-state index in [0.717, 1.165) is 0 Å². The highest BCUT2D eigenvalue weighted by atomic mass is 35.5. The van der Waals surface area contributed by atoms with E-state index >= 15 is 0 Å². The van der Waals surface area contributed by atoms with E-state index in [1.807, 2.05) is 6.92 Å². The van der Waals surface area contributed by atoms with Crippen LogP contribution < -0.4 is 5.73 Å². The molecule has 2 rings (SSSR count). The lowest BCUT2D eigenvalue weighted by Gasteiger charge is -2.26. The van der Waals surface area contributed by atoms with Crippen molar-refractivity contribution in [3.05, 3.63) is 34.6 Å². The summed E-state index contributed by atoms with van der Waals surface area (Å²) in [6, 6.07) is 4.59. The molecular formula is C15H21ClFNO. The van der Waals surface area contributed by atoms with Gasteiger partial charge in [-0.15, -0.1) is 0 Å². The van der Waals surface area contributed by atoms with E-state index in [0.29, 0.717) is 22.9 Å². The molecule has 0 aliphatic carbocycles. The summed E-state index contributed by atoms with van der Waals surface area (Å²) in [7, 11) is 0. The minimum absolute atomic E-state index is 0.102. The second kappa shape index (κ2) is 5.78. The van der Waals surface area contributed by atoms with Crippen molar-refractivity contribution < 1.29 is 9.13 Å². The molecule has 0 amide bonds. The van der Waals surface area contributed by atoms with Crippen LogP contribution in [0.3, 0.4) is 0 Å². The molecule has 0 radical (unpaired) electrons. The fourth-order valence-corrected chi connectivity index (χ4v) is 3.37. The Hall–Kier alpha value is -0.640. The normalized spacial score (nSPS) is 32.5. The first-order valence-electron chi connectivity index (χ1n) is 6.75. The predicted molar refractivity (Wildman–Crippen MR) is 75.8 cm³/mol. The molecule has 0 bridgehead atoms. The van der Waals surface area contributed by atoms with Crippen molar-refractivity contribution in [3.63, 3.8) is 0 Å². The first-order chi connectivity index (χ1) is 8.91. The Balaban J connectivity index is 2.15. The predicted octanol–water partition coefficient (Wildman–Crippen LogP) is 3.41. The summed E-state index contributed by atoms with van der Waals surface area (Å²) < 4.78 is 19.6. The molecule has 5 atom stereocenters. The first kappa shape index (κ1) is 14.8. The molecule has 1 saturated heterocycles. The van der Waals surface area contributed by atoms with E-state index in [1.165, 1.54) is 6.07 Å². The van der Waals surface area contributed by atoms with E-state index in [-0.39, 0.29) is 30.0 Å². The van der Waals surface area contributed by atoms with Crippen LogP contribution in [-0.4, -0.2) is 18.2 Å². The van der Waals surface area contributed by atoms with Crippen LogP contribution in [0.2, 0.25) is 5.02 Å². The lowest BCUT2D eigenvalue weighted by atomic mass is 9.81. The topological polar surface area (TPSA) is 35.2 Å². The van der Waals surface area contributed by atoms with Crippen molar-refractivity contribution in [2.75, 3.05) is 0 Å². The average molecular weight is 286 g/mol. The van der Waals surface area contributed by atoms with Gasteiger partial charge in [-0.2, -0.15) is 0 Å². The molecule has 19 heavy (non-hydrogen) atoms. The van der Waals surface area contributed by atoms with Crippen LogP contribution in [-0.2, 0) is 11.2 Å². The van der Waals surface area contributed by atoms with Gasteiger partial charge in [0.25, 0.3) is 0 Å². The summed E-state index contributed by atoms with van der Waals surface area (Å²) in [5.41, 5.74) is 6.80. The Labute approximate surface area is 119 Å². The number of hydrogen-bond donors (Lipinski definition) is 1. The molecule has 106 valence electrons. The summed E-state index contributed by atoms with van der Waals surface area (Å²) in [6.45, 7) is 6.24. The summed E-state index contributed by atoms with van der Waals surface area (Å²) >= 11 is 6.05. The number of halogens is 2. The number of ether oxygens (including phenoxy) is 1. The molecule has 1 heterocycles. The zero-order valence-corrected chi connectivity index (χ0v) is 12.3. The van der Waals surface area contributed by atoms with Crippen molar-refractivity contribution in [1.29, 1.82) is 0 Å². The molecule has 2 N–H and O–H groups in total. The Morgan fingerprint density at radius 2 is 2.00 bits per heavy atom. The third-order valence-corrected chi connectivity index (χ3v) is 4.67. The highest BCUT2D eigenvalue weighted by molar-refractivity contribution is 6.31. The summed E-state index contributed by atoms with van der Waals surface area (Å²) in [6.07, 6.45) is 0.744. The van der Waals surface area contributed by atoms with Crippen molar-refractivity contribution >= 4 is 11.6 Å². The van der Waals surface area contributed by atoms with Gasteiger partial charge in [-0.25, -0.2) is 4.39 Å². The van der Waals surface area contributed by atoms with Crippen molar-refractivity contribution in [2.45, 2.75) is 45.4 Å². The molecular weight excluding hydrogens is 265 g/mol. The van der Waals surface area contributed by atoms with Crippen LogP contribution in [0.4, 0.5) is 4.39 Å². The largest absolute Gasteiger partial charge is 0.375 e. The second-order valence-corrected chi connectivity index (χ2v) is 5.96. The Kier molecular flexibility index (Phi) is 4.49. The quantitative estimate of drug-likeness (QED) is 0.924. The molecule has 2 nitrogen and oxygen atoms in total. The highest BCUT2D eigenvalue weighted by Crippen LogP contribution is 2.35. The third kappa shape index (κ3) is 2.93. The van der Waals surface area contributed by atoms with Gasteiger partial charge in [0, 0.05) is 22.5 Å². The minimum atomic E-state index is -0.282. The smallest absolute Gasteiger partial charge is 0.127 e. The summed E-state index contributed by atoms with van der Waals surface area (Å²) in [5.74, 6) is 0.316. The van der Waals surface area contributed by atoms with Crippen molar-refractivity contribution in [3.8, 4) is 0 Å². The van der Waals surface area contributed by atoms with E-state index < -0.39 is 0 Å². The van der Waals surface area contributed by atoms with Crippen LogP contribution in [0.1, 0.15) is 26.3 Å². The number of rotatable bonds is 3. The lowest BCUT2D eigenvalue weighted by Crippen LogP contribution is -2.39. The molecule has 1 aromatic carbocycles. The monoisotopic (exact) mass is 285 g/mol. The van der Waals surface area contributed by atoms with Gasteiger partial charge >= 0.3 is 0 Å². The lowest BCUT2D eigenvalue weighted by molar-refractivity contribution is 0.0490. The van der Waals surface area contributed by atoms with Gasteiger partial charge in [0.05, 0.1) is 12.2 Å². The Morgan fingerprint density at radius 1 is 1.32 bits per heavy atom. The third-order valence-electron chi connectivity index (χ3n) is 4.31. The van der Waals surface area contributed by atoms with E-state index in [4.69, 9.17) is 22.1 Å². The molecule has 5 unspecified atom stereocenters. The second-order valence-electron chi connectivity index (χ2n) is 5.55. The maximum absolute atomic E-state index is 13.8. The van der Waals surface area contributed by atoms with Gasteiger partial charge in [-0.3, -0.25) is 0 Å². The summed E-state index contributed by atoms with van der Waals surface area (Å²) in [5, 5.41) is 0.447. The van der Waals surface area contributed by atoms with Crippen LogP contribution in [0.15, 0.2) is 18.2 Å². The van der Waals surface area contributed by atoms with Gasteiger partial charge in [0.1, 0.15) is 5.82 Å². The molecule has 1 aliphatic rings. The molecule has 0 saturated carbocycles. The maximum atomic E-state index is 13.8. The Bertz CT molecular complexity index is 434. The number of benzene rings is 1. The van der Waals surface area contributed by atoms with Crippen molar-refractivity contribution in [2.24, 2.45) is 17.6 Å². The van der Waals surface area contributed by atoms with Crippen LogP contribution in [0, 0.1) is 17.7 Å². The first-order valence-corrected chi connectivity index (χ1v) is 7.13. The molecule has 4 heteroatoms. The fourth-order valence-electron chi connectivity index (χ4n) is 3.13. The summed E-state index contributed by atoms with van der Waals surface area (Å²) in [4.78, 5) is 0. The van der Waals surface area contributed by atoms with Crippen LogP contribution in [0.25, 0.3) is 0 Å². The van der Waals surface area contributed by atoms with Crippen molar-refractivity contribution in [1.82, 2.24) is 0 Å². The molecule has 0 aromatic heterocycles. The standard InChI is InChI=1S/C15H21ClFNO/c1-8-9(2)19-10(3)15(8)14(18)7-11-12(16)5-4-6-13(11)17/h4-6,8-10,14-15H,7,18H2,1-3H3. The number of hydrogen-bond acceptors (Lipinski definition) is 2. The number of nitrogens with two attached hydrogens (primary N) is 1. The van der Waals surface area contributed by atoms with Gasteiger partial charge in [0.15, 0.2) is 0 Å². The zero-order valence-electron chi connectivity index (χ0n) is 11.6. The SMILES string of the molecule is CC1OC(C)C(C(N)Cc2c(F)cccc2Cl)C1C. The molecule has 1 aliphatic heterocycles. The van der Waals surface area contributed by atoms with Gasteiger partial charge in [-0.05, 0) is 38.3 Å². The Morgan fingerprint density at radius 3 is 2.53 bits per heavy atom. The zero-order chi connectivity index (χ0) is 14.2. The van der Waals surface area contributed by atoms with Crippen LogP contribution in [0.5, 0.6) is 0 Å². The van der Waals surface area contributed by atoms with E-state index in [9.17, 15) is 4.39 Å². The van der Waals surface area contributed by atoms with E-state index in [1.54, 1.807) is 12.1 Å². The molecule has 0 spiro atoms. The van der Waals surface area contributed by atoms with Gasteiger partial charge in [-0.1, -0.05) is 24.6 Å². The average Bonchev–Trinajstić information content (AvgIpc) is 2.58. The van der Waals surface area contributed by atoms with Gasteiger partial charge in [0.2, 0.25) is 0 Å². The molecule has 1 fully saturated rings. The minimum Gasteiger partial charge on any atom is -0.375 e. The maximum Gasteiger partial charge on any atom is 0.127 e. The molecule has 1 aromatic rings. The highest BCUT2D eigenvalue weighted by Gasteiger charge is 2.40. The fraction of sp³-hybridized carbons (Fsp3) is 0.600. The van der Waals surface area contributed by atoms with Gasteiger partial charge < -0.3 is 10.5 Å². The van der Waals surface area contributed by atoms with E-state index in [2.05, 4.69) is 13.8 Å².